The van der Waals surface area contributed by atoms with Crippen LogP contribution in [0.4, 0.5) is 0 Å². The molecule has 1 unspecified atom stereocenters. The minimum Gasteiger partial charge on any atom is -0.390 e. The molecular formula is C15H16N4OS2. The summed E-state index contributed by atoms with van der Waals surface area (Å²) in [6.45, 7) is 0.510. The van der Waals surface area contributed by atoms with E-state index in [0.717, 1.165) is 16.3 Å². The van der Waals surface area contributed by atoms with E-state index in [4.69, 9.17) is 0 Å². The summed E-state index contributed by atoms with van der Waals surface area (Å²) >= 11 is 3.41. The zero-order valence-corrected chi connectivity index (χ0v) is 13.6. The first-order chi connectivity index (χ1) is 10.8. The molecule has 0 aromatic carbocycles. The average molecular weight is 332 g/mol. The molecular weight excluding hydrogens is 316 g/mol. The van der Waals surface area contributed by atoms with Crippen LogP contribution in [0, 0.1) is 0 Å². The van der Waals surface area contributed by atoms with E-state index in [9.17, 15) is 5.11 Å². The molecule has 0 fully saturated rings. The average Bonchev–Trinajstić information content (AvgIpc) is 3.21. The Bertz CT molecular complexity index is 784. The topological polar surface area (TPSA) is 63.8 Å². The Hall–Kier alpha value is -1.44. The van der Waals surface area contributed by atoms with Gasteiger partial charge in [0, 0.05) is 28.4 Å². The van der Waals surface area contributed by atoms with E-state index >= 15 is 0 Å². The number of hydrogen-bond acceptors (Lipinski definition) is 6. The molecule has 0 radical (unpaired) electrons. The Labute approximate surface area is 136 Å². The van der Waals surface area contributed by atoms with Gasteiger partial charge in [-0.3, -0.25) is 4.68 Å². The van der Waals surface area contributed by atoms with Gasteiger partial charge in [-0.05, 0) is 30.9 Å². The molecule has 1 aliphatic carbocycles. The van der Waals surface area contributed by atoms with Crippen LogP contribution in [0.3, 0.4) is 0 Å². The van der Waals surface area contributed by atoms with Crippen molar-refractivity contribution >= 4 is 33.3 Å². The SMILES string of the molecule is OC(CSc1ncnc2sc3c(c12)CCC3)Cn1cccn1. The van der Waals surface area contributed by atoms with Crippen molar-refractivity contribution < 1.29 is 5.11 Å². The molecule has 0 saturated heterocycles. The summed E-state index contributed by atoms with van der Waals surface area (Å²) in [6.07, 6.45) is 8.31. The first-order valence-corrected chi connectivity index (χ1v) is 9.15. The zero-order chi connectivity index (χ0) is 14.9. The number of aliphatic hydroxyl groups is 1. The van der Waals surface area contributed by atoms with Gasteiger partial charge in [0.05, 0.1) is 12.6 Å². The zero-order valence-electron chi connectivity index (χ0n) is 12.0. The molecule has 0 saturated carbocycles. The summed E-state index contributed by atoms with van der Waals surface area (Å²) in [7, 11) is 0. The Balaban J connectivity index is 1.52. The highest BCUT2D eigenvalue weighted by molar-refractivity contribution is 7.99. The lowest BCUT2D eigenvalue weighted by molar-refractivity contribution is 0.173. The minimum absolute atomic E-state index is 0.443. The van der Waals surface area contributed by atoms with Gasteiger partial charge in [-0.15, -0.1) is 23.1 Å². The fraction of sp³-hybridized carbons (Fsp3) is 0.400. The first kappa shape index (κ1) is 14.2. The molecule has 0 amide bonds. The van der Waals surface area contributed by atoms with Gasteiger partial charge < -0.3 is 5.11 Å². The molecule has 0 spiro atoms. The number of thiophene rings is 1. The highest BCUT2D eigenvalue weighted by Crippen LogP contribution is 2.40. The summed E-state index contributed by atoms with van der Waals surface area (Å²) in [4.78, 5) is 11.4. The van der Waals surface area contributed by atoms with E-state index in [1.165, 1.54) is 28.7 Å². The van der Waals surface area contributed by atoms with Crippen LogP contribution in [0.5, 0.6) is 0 Å². The van der Waals surface area contributed by atoms with Crippen LogP contribution in [0.25, 0.3) is 10.2 Å². The number of fused-ring (bicyclic) bond motifs is 3. The Morgan fingerprint density at radius 3 is 3.18 bits per heavy atom. The monoisotopic (exact) mass is 332 g/mol. The van der Waals surface area contributed by atoms with Crippen molar-refractivity contribution in [3.63, 3.8) is 0 Å². The van der Waals surface area contributed by atoms with Crippen LogP contribution in [0.1, 0.15) is 16.9 Å². The maximum absolute atomic E-state index is 10.2. The maximum atomic E-state index is 10.2. The van der Waals surface area contributed by atoms with Gasteiger partial charge in [0.25, 0.3) is 0 Å². The van der Waals surface area contributed by atoms with E-state index in [-0.39, 0.29) is 0 Å². The van der Waals surface area contributed by atoms with E-state index in [2.05, 4.69) is 15.1 Å². The van der Waals surface area contributed by atoms with E-state index in [1.54, 1.807) is 40.3 Å². The molecule has 3 aromatic rings. The molecule has 3 heterocycles. The van der Waals surface area contributed by atoms with Gasteiger partial charge in [-0.1, -0.05) is 0 Å². The van der Waals surface area contributed by atoms with Crippen LogP contribution < -0.4 is 0 Å². The van der Waals surface area contributed by atoms with Crippen molar-refractivity contribution in [1.29, 1.82) is 0 Å². The van der Waals surface area contributed by atoms with Gasteiger partial charge in [-0.25, -0.2) is 9.97 Å². The molecule has 7 heteroatoms. The molecule has 1 aliphatic rings. The van der Waals surface area contributed by atoms with Gasteiger partial charge in [-0.2, -0.15) is 5.10 Å². The Morgan fingerprint density at radius 1 is 1.36 bits per heavy atom. The second-order valence-electron chi connectivity index (χ2n) is 5.41. The van der Waals surface area contributed by atoms with Crippen molar-refractivity contribution in [3.05, 3.63) is 35.2 Å². The number of nitrogens with zero attached hydrogens (tertiary/aromatic N) is 4. The number of aryl methyl sites for hydroxylation is 2. The lowest BCUT2D eigenvalue weighted by atomic mass is 10.2. The largest absolute Gasteiger partial charge is 0.390 e. The smallest absolute Gasteiger partial charge is 0.128 e. The van der Waals surface area contributed by atoms with E-state index < -0.39 is 6.10 Å². The molecule has 3 aromatic heterocycles. The number of rotatable bonds is 5. The third kappa shape index (κ3) is 2.64. The van der Waals surface area contributed by atoms with Crippen molar-refractivity contribution in [2.75, 3.05) is 5.75 Å². The Morgan fingerprint density at radius 2 is 2.32 bits per heavy atom. The van der Waals surface area contributed by atoms with Crippen LogP contribution in [-0.2, 0) is 19.4 Å². The highest BCUT2D eigenvalue weighted by atomic mass is 32.2. The molecule has 0 bridgehead atoms. The first-order valence-electron chi connectivity index (χ1n) is 7.35. The number of thioether (sulfide) groups is 1. The summed E-state index contributed by atoms with van der Waals surface area (Å²) in [6, 6.07) is 1.86. The fourth-order valence-corrected chi connectivity index (χ4v) is 5.10. The third-order valence-electron chi connectivity index (χ3n) is 3.84. The summed E-state index contributed by atoms with van der Waals surface area (Å²) in [5, 5.41) is 16.5. The van der Waals surface area contributed by atoms with Gasteiger partial charge >= 0.3 is 0 Å². The standard InChI is InChI=1S/C15H16N4OS2/c20-10(7-19-6-2-5-18-19)8-21-14-13-11-3-1-4-12(11)22-15(13)17-9-16-14/h2,5-6,9-10,20H,1,3-4,7-8H2. The summed E-state index contributed by atoms with van der Waals surface area (Å²) in [5.41, 5.74) is 1.43. The molecule has 114 valence electrons. The second-order valence-corrected chi connectivity index (χ2v) is 7.50. The minimum atomic E-state index is -0.443. The third-order valence-corrected chi connectivity index (χ3v) is 6.17. The van der Waals surface area contributed by atoms with Crippen molar-refractivity contribution in [2.45, 2.75) is 36.9 Å². The van der Waals surface area contributed by atoms with Gasteiger partial charge in [0.2, 0.25) is 0 Å². The van der Waals surface area contributed by atoms with Crippen LogP contribution in [0.15, 0.2) is 29.8 Å². The second kappa shape index (κ2) is 5.98. The predicted molar refractivity (Wildman–Crippen MR) is 88.4 cm³/mol. The Kier molecular flexibility index (Phi) is 3.85. The van der Waals surface area contributed by atoms with Gasteiger partial charge in [0.1, 0.15) is 16.2 Å². The molecule has 1 atom stereocenters. The van der Waals surface area contributed by atoms with Crippen LogP contribution in [0.2, 0.25) is 0 Å². The summed E-state index contributed by atoms with van der Waals surface area (Å²) < 4.78 is 1.75. The lowest BCUT2D eigenvalue weighted by Crippen LogP contribution is -2.18. The number of aliphatic hydroxyl groups excluding tert-OH is 1. The number of hydrogen-bond donors (Lipinski definition) is 1. The molecule has 4 rings (SSSR count). The number of aromatic nitrogens is 4. The predicted octanol–water partition coefficient (Wildman–Crippen LogP) is 2.53. The molecule has 5 nitrogen and oxygen atoms in total. The van der Waals surface area contributed by atoms with E-state index in [0.29, 0.717) is 12.3 Å². The van der Waals surface area contributed by atoms with E-state index in [1.807, 2.05) is 12.3 Å². The van der Waals surface area contributed by atoms with Crippen molar-refractivity contribution in [2.24, 2.45) is 0 Å². The van der Waals surface area contributed by atoms with Crippen LogP contribution in [-0.4, -0.2) is 36.7 Å². The quantitative estimate of drug-likeness (QED) is 0.574. The lowest BCUT2D eigenvalue weighted by Gasteiger charge is -2.10. The van der Waals surface area contributed by atoms with Crippen molar-refractivity contribution in [3.8, 4) is 0 Å². The van der Waals surface area contributed by atoms with Crippen molar-refractivity contribution in [1.82, 2.24) is 19.7 Å². The fourth-order valence-electron chi connectivity index (χ4n) is 2.86. The molecule has 1 N–H and O–H groups in total. The summed E-state index contributed by atoms with van der Waals surface area (Å²) in [5.74, 6) is 0.608. The maximum Gasteiger partial charge on any atom is 0.128 e. The highest BCUT2D eigenvalue weighted by Gasteiger charge is 2.21. The van der Waals surface area contributed by atoms with Gasteiger partial charge in [0.15, 0.2) is 0 Å². The molecule has 0 aliphatic heterocycles. The normalized spacial score (nSPS) is 15.3. The molecule has 22 heavy (non-hydrogen) atoms. The van der Waals surface area contributed by atoms with Crippen LogP contribution >= 0.6 is 23.1 Å².